The fourth-order valence-electron chi connectivity index (χ4n) is 5.46. The zero-order valence-electron chi connectivity index (χ0n) is 18.2. The molecule has 0 unspecified atom stereocenters. The normalized spacial score (nSPS) is 20.4. The van der Waals surface area contributed by atoms with Crippen LogP contribution in [0.3, 0.4) is 0 Å². The molecule has 0 spiro atoms. The molecule has 0 saturated carbocycles. The fraction of sp³-hybridized carbons (Fsp3) is 0.440. The first-order valence-electron chi connectivity index (χ1n) is 11.4. The number of rotatable bonds is 4. The Balaban J connectivity index is 1.20. The number of likely N-dealkylation sites (tertiary alicyclic amines) is 1. The van der Waals surface area contributed by atoms with Crippen molar-refractivity contribution in [3.63, 3.8) is 0 Å². The fourth-order valence-corrected chi connectivity index (χ4v) is 6.95. The Bertz CT molecular complexity index is 1140. The smallest absolute Gasteiger partial charge is 0.243 e. The van der Waals surface area contributed by atoms with E-state index in [1.54, 1.807) is 28.6 Å². The van der Waals surface area contributed by atoms with Crippen LogP contribution in [-0.2, 0) is 17.1 Å². The van der Waals surface area contributed by atoms with E-state index in [9.17, 15) is 8.42 Å². The summed E-state index contributed by atoms with van der Waals surface area (Å²) >= 11 is 0. The number of hydrogen-bond acceptors (Lipinski definition) is 3. The molecule has 2 aromatic carbocycles. The highest BCUT2D eigenvalue weighted by Crippen LogP contribution is 2.35. The molecule has 6 heteroatoms. The van der Waals surface area contributed by atoms with Crippen LogP contribution < -0.4 is 0 Å². The number of sulfonamides is 1. The van der Waals surface area contributed by atoms with Gasteiger partial charge in [-0.15, -0.1) is 0 Å². The third-order valence-corrected chi connectivity index (χ3v) is 9.13. The van der Waals surface area contributed by atoms with Gasteiger partial charge in [-0.3, -0.25) is 0 Å². The molecule has 5 nitrogen and oxygen atoms in total. The molecule has 0 N–H and O–H groups in total. The van der Waals surface area contributed by atoms with Gasteiger partial charge in [0, 0.05) is 43.3 Å². The Kier molecular flexibility index (Phi) is 5.63. The molecule has 2 aliphatic rings. The third-order valence-electron chi connectivity index (χ3n) is 7.22. The maximum atomic E-state index is 12.9. The largest absolute Gasteiger partial charge is 0.350 e. The van der Waals surface area contributed by atoms with Gasteiger partial charge >= 0.3 is 0 Å². The van der Waals surface area contributed by atoms with Gasteiger partial charge in [-0.25, -0.2) is 8.42 Å². The number of aryl methyl sites for hydroxylation is 1. The van der Waals surface area contributed by atoms with Gasteiger partial charge in [-0.1, -0.05) is 36.4 Å². The molecule has 0 aliphatic carbocycles. The first-order valence-corrected chi connectivity index (χ1v) is 12.8. The number of hydrogen-bond donors (Lipinski definition) is 0. The van der Waals surface area contributed by atoms with Crippen molar-refractivity contribution in [1.29, 1.82) is 0 Å². The molecular weight excluding hydrogens is 406 g/mol. The van der Waals surface area contributed by atoms with Crippen LogP contribution in [0.15, 0.2) is 65.7 Å². The van der Waals surface area contributed by atoms with Crippen LogP contribution in [0.5, 0.6) is 0 Å². The van der Waals surface area contributed by atoms with Gasteiger partial charge in [0.2, 0.25) is 10.0 Å². The topological polar surface area (TPSA) is 45.5 Å². The Morgan fingerprint density at radius 2 is 1.45 bits per heavy atom. The summed E-state index contributed by atoms with van der Waals surface area (Å²) in [5, 5.41) is 1.39. The average Bonchev–Trinajstić information content (AvgIpc) is 3.16. The molecule has 5 rings (SSSR count). The van der Waals surface area contributed by atoms with E-state index in [1.807, 2.05) is 6.07 Å². The lowest BCUT2D eigenvalue weighted by molar-refractivity contribution is 0.110. The molecule has 0 radical (unpaired) electrons. The highest BCUT2D eigenvalue weighted by Gasteiger charge is 2.33. The minimum absolute atomic E-state index is 0.407. The monoisotopic (exact) mass is 437 g/mol. The second kappa shape index (κ2) is 8.41. The van der Waals surface area contributed by atoms with Crippen molar-refractivity contribution in [2.24, 2.45) is 7.05 Å². The van der Waals surface area contributed by atoms with Crippen LogP contribution in [-0.4, -0.2) is 54.4 Å². The van der Waals surface area contributed by atoms with Crippen LogP contribution in [0.2, 0.25) is 0 Å². The quantitative estimate of drug-likeness (QED) is 0.614. The summed E-state index contributed by atoms with van der Waals surface area (Å²) < 4.78 is 29.7. The molecule has 164 valence electrons. The maximum Gasteiger partial charge on any atom is 0.243 e. The number of benzene rings is 2. The van der Waals surface area contributed by atoms with Crippen LogP contribution >= 0.6 is 0 Å². The number of piperidine rings is 2. The lowest BCUT2D eigenvalue weighted by Gasteiger charge is -2.41. The van der Waals surface area contributed by atoms with Gasteiger partial charge in [-0.05, 0) is 68.5 Å². The molecule has 31 heavy (non-hydrogen) atoms. The summed E-state index contributed by atoms with van der Waals surface area (Å²) in [6.07, 6.45) is 6.51. The zero-order valence-corrected chi connectivity index (χ0v) is 19.0. The highest BCUT2D eigenvalue weighted by atomic mass is 32.2. The van der Waals surface area contributed by atoms with E-state index in [0.29, 0.717) is 29.9 Å². The van der Waals surface area contributed by atoms with Gasteiger partial charge in [0.25, 0.3) is 0 Å². The van der Waals surface area contributed by atoms with Crippen molar-refractivity contribution in [3.05, 3.63) is 66.4 Å². The van der Waals surface area contributed by atoms with Gasteiger partial charge < -0.3 is 9.47 Å². The van der Waals surface area contributed by atoms with E-state index >= 15 is 0 Å². The van der Waals surface area contributed by atoms with Crippen molar-refractivity contribution >= 4 is 20.9 Å². The number of fused-ring (bicyclic) bond motifs is 1. The second-order valence-electron chi connectivity index (χ2n) is 8.97. The van der Waals surface area contributed by atoms with Crippen LogP contribution in [0.1, 0.15) is 37.2 Å². The average molecular weight is 438 g/mol. The van der Waals surface area contributed by atoms with Gasteiger partial charge in [0.1, 0.15) is 0 Å². The van der Waals surface area contributed by atoms with Crippen molar-refractivity contribution in [2.75, 3.05) is 26.2 Å². The lowest BCUT2D eigenvalue weighted by atomic mass is 9.88. The van der Waals surface area contributed by atoms with Crippen molar-refractivity contribution in [3.8, 4) is 0 Å². The Labute approximate surface area is 185 Å². The molecule has 1 aromatic heterocycles. The highest BCUT2D eigenvalue weighted by molar-refractivity contribution is 7.89. The van der Waals surface area contributed by atoms with Crippen LogP contribution in [0, 0.1) is 0 Å². The summed E-state index contributed by atoms with van der Waals surface area (Å²) in [7, 11) is -1.23. The first-order chi connectivity index (χ1) is 15.0. The number of para-hydroxylation sites is 1. The van der Waals surface area contributed by atoms with Crippen LogP contribution in [0.25, 0.3) is 10.9 Å². The number of nitrogens with zero attached hydrogens (tertiary/aromatic N) is 3. The maximum absolute atomic E-state index is 12.9. The van der Waals surface area contributed by atoms with Gasteiger partial charge in [-0.2, -0.15) is 4.31 Å². The molecule has 3 aromatic rings. The summed E-state index contributed by atoms with van der Waals surface area (Å²) in [6.45, 7) is 3.43. The summed E-state index contributed by atoms with van der Waals surface area (Å²) in [5.41, 5.74) is 2.80. The Morgan fingerprint density at radius 1 is 0.806 bits per heavy atom. The van der Waals surface area contributed by atoms with E-state index in [-0.39, 0.29) is 0 Å². The molecular formula is C25H31N3O2S. The van der Waals surface area contributed by atoms with E-state index < -0.39 is 10.0 Å². The summed E-state index contributed by atoms with van der Waals surface area (Å²) in [6, 6.07) is 18.0. The molecule has 3 heterocycles. The molecule has 2 saturated heterocycles. The summed E-state index contributed by atoms with van der Waals surface area (Å²) in [5.74, 6) is 0.612. The number of aromatic nitrogens is 1. The van der Waals surface area contributed by atoms with Crippen molar-refractivity contribution in [1.82, 2.24) is 13.8 Å². The molecule has 2 fully saturated rings. The first kappa shape index (κ1) is 20.7. The molecule has 0 bridgehead atoms. The lowest BCUT2D eigenvalue weighted by Crippen LogP contribution is -2.48. The van der Waals surface area contributed by atoms with Crippen molar-refractivity contribution < 1.29 is 8.42 Å². The Morgan fingerprint density at radius 3 is 2.16 bits per heavy atom. The van der Waals surface area contributed by atoms with E-state index in [4.69, 9.17) is 0 Å². The van der Waals surface area contributed by atoms with Crippen LogP contribution in [0.4, 0.5) is 0 Å². The van der Waals surface area contributed by atoms with Gasteiger partial charge in [0.15, 0.2) is 0 Å². The van der Waals surface area contributed by atoms with Crippen molar-refractivity contribution in [2.45, 2.75) is 42.5 Å². The minimum Gasteiger partial charge on any atom is -0.350 e. The predicted molar refractivity (Wildman–Crippen MR) is 125 cm³/mol. The third kappa shape index (κ3) is 3.93. The Hall–Kier alpha value is -2.15. The molecule has 0 atom stereocenters. The zero-order chi connectivity index (χ0) is 21.4. The second-order valence-corrected chi connectivity index (χ2v) is 10.9. The molecule has 2 aliphatic heterocycles. The van der Waals surface area contributed by atoms with E-state index in [0.717, 1.165) is 25.9 Å². The predicted octanol–water partition coefficient (Wildman–Crippen LogP) is 4.21. The van der Waals surface area contributed by atoms with E-state index in [1.165, 1.54) is 29.3 Å². The minimum atomic E-state index is -3.37. The standard InChI is InChI=1S/C25H31N3O2S/c1-26-19-24(23-9-5-6-10-25(23)26)20-11-15-27(16-12-20)21-13-17-28(18-14-21)31(29,30)22-7-3-2-4-8-22/h2-10,19-21H,11-18H2,1H3. The van der Waals surface area contributed by atoms with Gasteiger partial charge in [0.05, 0.1) is 4.90 Å². The summed E-state index contributed by atoms with van der Waals surface area (Å²) in [4.78, 5) is 3.01. The molecule has 0 amide bonds. The van der Waals surface area contributed by atoms with E-state index in [2.05, 4.69) is 47.0 Å². The SMILES string of the molecule is Cn1cc(C2CCN(C3CCN(S(=O)(=O)c4ccccc4)CC3)CC2)c2ccccc21.